The van der Waals surface area contributed by atoms with E-state index in [-0.39, 0.29) is 10.6 Å². The average molecular weight is 352 g/mol. The summed E-state index contributed by atoms with van der Waals surface area (Å²) in [5, 5.41) is 10.9. The molecule has 0 saturated carbocycles. The second-order valence-electron chi connectivity index (χ2n) is 4.46. The molecule has 0 aliphatic rings. The zero-order chi connectivity index (χ0) is 14.5. The van der Waals surface area contributed by atoms with Crippen molar-refractivity contribution in [3.8, 4) is 0 Å². The van der Waals surface area contributed by atoms with E-state index in [1.165, 1.54) is 11.1 Å². The first-order valence-corrected chi connectivity index (χ1v) is 8.08. The van der Waals surface area contributed by atoms with Crippen LogP contribution in [0, 0.1) is 17.0 Å². The van der Waals surface area contributed by atoms with Crippen LogP contribution in [0.2, 0.25) is 0 Å². The first-order chi connectivity index (χ1) is 9.58. The Bertz CT molecular complexity index is 631. The Morgan fingerprint density at radius 3 is 2.65 bits per heavy atom. The molecule has 0 N–H and O–H groups in total. The Balaban J connectivity index is 2.00. The van der Waals surface area contributed by atoms with E-state index in [0.29, 0.717) is 4.47 Å². The Morgan fingerprint density at radius 1 is 1.20 bits per heavy atom. The van der Waals surface area contributed by atoms with Crippen LogP contribution in [0.4, 0.5) is 5.69 Å². The van der Waals surface area contributed by atoms with Crippen LogP contribution in [-0.2, 0) is 11.5 Å². The molecule has 0 atom stereocenters. The number of nitro groups is 1. The number of thioether (sulfide) groups is 1. The van der Waals surface area contributed by atoms with Gasteiger partial charge in [0, 0.05) is 17.6 Å². The van der Waals surface area contributed by atoms with Crippen molar-refractivity contribution in [2.75, 3.05) is 0 Å². The molecular formula is C15H14BrNO2S. The fraction of sp³-hybridized carbons (Fsp3) is 0.200. The third-order valence-corrected chi connectivity index (χ3v) is 4.72. The minimum atomic E-state index is -0.362. The monoisotopic (exact) mass is 351 g/mol. The van der Waals surface area contributed by atoms with Gasteiger partial charge in [-0.1, -0.05) is 30.3 Å². The molecule has 2 rings (SSSR count). The predicted molar refractivity (Wildman–Crippen MR) is 87.0 cm³/mol. The maximum absolute atomic E-state index is 10.9. The molecule has 3 nitrogen and oxygen atoms in total. The van der Waals surface area contributed by atoms with Gasteiger partial charge in [-0.3, -0.25) is 10.1 Å². The van der Waals surface area contributed by atoms with Crippen molar-refractivity contribution in [3.63, 3.8) is 0 Å². The Kier molecular flexibility index (Phi) is 5.20. The van der Waals surface area contributed by atoms with Crippen LogP contribution in [0.15, 0.2) is 46.9 Å². The highest BCUT2D eigenvalue weighted by Crippen LogP contribution is 2.28. The zero-order valence-corrected chi connectivity index (χ0v) is 13.4. The van der Waals surface area contributed by atoms with E-state index in [4.69, 9.17) is 0 Å². The van der Waals surface area contributed by atoms with E-state index >= 15 is 0 Å². The first-order valence-electron chi connectivity index (χ1n) is 6.13. The lowest BCUT2D eigenvalue weighted by atomic mass is 10.1. The van der Waals surface area contributed by atoms with Gasteiger partial charge in [-0.25, -0.2) is 0 Å². The van der Waals surface area contributed by atoms with Gasteiger partial charge in [-0.15, -0.1) is 0 Å². The molecule has 2 aromatic carbocycles. The highest BCUT2D eigenvalue weighted by molar-refractivity contribution is 9.10. The zero-order valence-electron chi connectivity index (χ0n) is 11.0. The summed E-state index contributed by atoms with van der Waals surface area (Å²) in [5.74, 6) is 1.68. The third kappa shape index (κ3) is 3.84. The standard InChI is InChI=1S/C15H14BrNO2S/c1-11-4-2-3-5-13(11)10-20-9-12-6-7-14(16)15(8-12)17(18)19/h2-8H,9-10H2,1H3. The quantitative estimate of drug-likeness (QED) is 0.555. The molecule has 104 valence electrons. The Morgan fingerprint density at radius 2 is 1.95 bits per heavy atom. The summed E-state index contributed by atoms with van der Waals surface area (Å²) in [7, 11) is 0. The lowest BCUT2D eigenvalue weighted by Gasteiger charge is -2.06. The summed E-state index contributed by atoms with van der Waals surface area (Å²) >= 11 is 4.96. The number of hydrogen-bond acceptors (Lipinski definition) is 3. The molecule has 0 aliphatic heterocycles. The normalized spacial score (nSPS) is 10.5. The fourth-order valence-corrected chi connectivity index (χ4v) is 3.29. The SMILES string of the molecule is Cc1ccccc1CSCc1ccc(Br)c([N+](=O)[O-])c1. The Hall–Kier alpha value is -1.33. The largest absolute Gasteiger partial charge is 0.283 e. The van der Waals surface area contributed by atoms with Gasteiger partial charge in [0.1, 0.15) is 0 Å². The molecule has 0 aliphatic carbocycles. The molecular weight excluding hydrogens is 338 g/mol. The van der Waals surface area contributed by atoms with Gasteiger partial charge in [0.15, 0.2) is 0 Å². The first kappa shape index (κ1) is 15.1. The highest BCUT2D eigenvalue weighted by atomic mass is 79.9. The van der Waals surface area contributed by atoms with Crippen molar-refractivity contribution in [2.45, 2.75) is 18.4 Å². The average Bonchev–Trinajstić information content (AvgIpc) is 2.42. The molecule has 0 amide bonds. The van der Waals surface area contributed by atoms with Crippen molar-refractivity contribution in [2.24, 2.45) is 0 Å². The maximum atomic E-state index is 10.9. The summed E-state index contributed by atoms with van der Waals surface area (Å²) in [5.41, 5.74) is 3.68. The number of nitrogens with zero attached hydrogens (tertiary/aromatic N) is 1. The van der Waals surface area contributed by atoms with E-state index in [1.807, 2.05) is 18.2 Å². The predicted octanol–water partition coefficient (Wildman–Crippen LogP) is 5.10. The van der Waals surface area contributed by atoms with Crippen LogP contribution in [0.1, 0.15) is 16.7 Å². The summed E-state index contributed by atoms with van der Waals surface area (Å²) in [6.45, 7) is 2.10. The molecule has 5 heteroatoms. The number of halogens is 1. The van der Waals surface area contributed by atoms with Crippen LogP contribution in [0.3, 0.4) is 0 Å². The lowest BCUT2D eigenvalue weighted by molar-refractivity contribution is -0.385. The van der Waals surface area contributed by atoms with Gasteiger partial charge in [-0.2, -0.15) is 11.8 Å². The van der Waals surface area contributed by atoms with Gasteiger partial charge in [0.2, 0.25) is 0 Å². The van der Waals surface area contributed by atoms with Gasteiger partial charge in [-0.05, 0) is 45.6 Å². The molecule has 0 saturated heterocycles. The number of aryl methyl sites for hydroxylation is 1. The molecule has 0 bridgehead atoms. The second kappa shape index (κ2) is 6.90. The third-order valence-electron chi connectivity index (χ3n) is 2.99. The number of hydrogen-bond donors (Lipinski definition) is 0. The number of benzene rings is 2. The molecule has 0 spiro atoms. The van der Waals surface area contributed by atoms with E-state index in [2.05, 4.69) is 35.0 Å². The molecule has 0 radical (unpaired) electrons. The van der Waals surface area contributed by atoms with Crippen LogP contribution >= 0.6 is 27.7 Å². The van der Waals surface area contributed by atoms with E-state index in [9.17, 15) is 10.1 Å². The van der Waals surface area contributed by atoms with Crippen molar-refractivity contribution in [1.29, 1.82) is 0 Å². The van der Waals surface area contributed by atoms with E-state index in [1.54, 1.807) is 23.9 Å². The van der Waals surface area contributed by atoms with Gasteiger partial charge in [0.05, 0.1) is 9.40 Å². The van der Waals surface area contributed by atoms with Crippen LogP contribution < -0.4 is 0 Å². The van der Waals surface area contributed by atoms with Crippen molar-refractivity contribution in [3.05, 3.63) is 73.7 Å². The van der Waals surface area contributed by atoms with Crippen LogP contribution in [0.5, 0.6) is 0 Å². The minimum absolute atomic E-state index is 0.124. The topological polar surface area (TPSA) is 43.1 Å². The fourth-order valence-electron chi connectivity index (χ4n) is 1.84. The summed E-state index contributed by atoms with van der Waals surface area (Å²) in [6, 6.07) is 13.6. The highest BCUT2D eigenvalue weighted by Gasteiger charge is 2.12. The lowest BCUT2D eigenvalue weighted by Crippen LogP contribution is -1.92. The molecule has 0 heterocycles. The summed E-state index contributed by atoms with van der Waals surface area (Å²) in [6.07, 6.45) is 0. The van der Waals surface area contributed by atoms with Crippen LogP contribution in [-0.4, -0.2) is 4.92 Å². The van der Waals surface area contributed by atoms with Crippen molar-refractivity contribution in [1.82, 2.24) is 0 Å². The minimum Gasteiger partial charge on any atom is -0.258 e. The van der Waals surface area contributed by atoms with Gasteiger partial charge in [0.25, 0.3) is 5.69 Å². The summed E-state index contributed by atoms with van der Waals surface area (Å²) in [4.78, 5) is 10.5. The Labute approximate surface area is 130 Å². The summed E-state index contributed by atoms with van der Waals surface area (Å²) < 4.78 is 0.523. The molecule has 0 aromatic heterocycles. The number of nitro benzene ring substituents is 1. The number of rotatable bonds is 5. The van der Waals surface area contributed by atoms with E-state index < -0.39 is 0 Å². The second-order valence-corrected chi connectivity index (χ2v) is 6.30. The van der Waals surface area contributed by atoms with Crippen molar-refractivity contribution < 1.29 is 4.92 Å². The van der Waals surface area contributed by atoms with Gasteiger partial charge < -0.3 is 0 Å². The maximum Gasteiger partial charge on any atom is 0.283 e. The molecule has 0 unspecified atom stereocenters. The molecule has 0 fully saturated rings. The molecule has 2 aromatic rings. The molecule has 20 heavy (non-hydrogen) atoms. The van der Waals surface area contributed by atoms with Gasteiger partial charge >= 0.3 is 0 Å². The van der Waals surface area contributed by atoms with Crippen molar-refractivity contribution >= 4 is 33.4 Å². The smallest absolute Gasteiger partial charge is 0.258 e. The van der Waals surface area contributed by atoms with E-state index in [0.717, 1.165) is 17.1 Å². The van der Waals surface area contributed by atoms with Crippen LogP contribution in [0.25, 0.3) is 0 Å².